The summed E-state index contributed by atoms with van der Waals surface area (Å²) in [5.41, 5.74) is 1.96. The first-order chi connectivity index (χ1) is 13.4. The summed E-state index contributed by atoms with van der Waals surface area (Å²) in [6.45, 7) is 10.5. The lowest BCUT2D eigenvalue weighted by molar-refractivity contribution is -0.138. The Hall–Kier alpha value is -1.69. The molecule has 1 heterocycles. The molecular formula is C23H30BrNO4. The Labute approximate surface area is 181 Å². The Morgan fingerprint density at radius 2 is 1.55 bits per heavy atom. The first kappa shape index (κ1) is 22.0. The molecule has 0 aromatic heterocycles. The number of carbonyl (C=O) groups is 3. The largest absolute Gasteiger partial charge is 0.444 e. The maximum Gasteiger partial charge on any atom is 0.410 e. The van der Waals surface area contributed by atoms with Crippen LogP contribution in [0.25, 0.3) is 0 Å². The summed E-state index contributed by atoms with van der Waals surface area (Å²) in [5, 5.41) is 0. The van der Waals surface area contributed by atoms with Crippen molar-refractivity contribution in [3.63, 3.8) is 0 Å². The summed E-state index contributed by atoms with van der Waals surface area (Å²) in [6, 6.07) is 3.93. The molecule has 0 radical (unpaired) electrons. The predicted molar refractivity (Wildman–Crippen MR) is 115 cm³/mol. The van der Waals surface area contributed by atoms with Gasteiger partial charge in [-0.15, -0.1) is 0 Å². The fourth-order valence-electron chi connectivity index (χ4n) is 4.73. The van der Waals surface area contributed by atoms with E-state index < -0.39 is 11.5 Å². The van der Waals surface area contributed by atoms with Crippen LogP contribution in [0.2, 0.25) is 0 Å². The Morgan fingerprint density at radius 1 is 1.07 bits per heavy atom. The van der Waals surface area contributed by atoms with Crippen LogP contribution in [-0.2, 0) is 14.3 Å². The standard InChI is InChI=1S/C23H30BrNO4/c1-14-10-16(24)11-15(2)19(14)20-17(26)12-23(13-18(20)27)6-8-25(9-7-23)21(28)29-22(3,4)5/h10-11,20H,6-9,12-13H2,1-5H3. The molecule has 0 N–H and O–H groups in total. The minimum atomic E-state index is -0.655. The van der Waals surface area contributed by atoms with E-state index >= 15 is 0 Å². The number of nitrogens with zero attached hydrogens (tertiary/aromatic N) is 1. The first-order valence-corrected chi connectivity index (χ1v) is 11.0. The van der Waals surface area contributed by atoms with Crippen molar-refractivity contribution in [3.05, 3.63) is 33.3 Å². The molecule has 0 bridgehead atoms. The van der Waals surface area contributed by atoms with Crippen molar-refractivity contribution in [2.24, 2.45) is 5.41 Å². The van der Waals surface area contributed by atoms with Gasteiger partial charge in [-0.1, -0.05) is 15.9 Å². The average Bonchev–Trinajstić information content (AvgIpc) is 2.55. The van der Waals surface area contributed by atoms with Gasteiger partial charge in [0, 0.05) is 30.4 Å². The van der Waals surface area contributed by atoms with Gasteiger partial charge in [0.2, 0.25) is 0 Å². The lowest BCUT2D eigenvalue weighted by Gasteiger charge is -2.44. The van der Waals surface area contributed by atoms with Crippen molar-refractivity contribution in [1.29, 1.82) is 0 Å². The van der Waals surface area contributed by atoms with E-state index in [9.17, 15) is 14.4 Å². The van der Waals surface area contributed by atoms with Gasteiger partial charge in [0.15, 0.2) is 0 Å². The number of ether oxygens (including phenoxy) is 1. The van der Waals surface area contributed by atoms with Crippen LogP contribution in [0.3, 0.4) is 0 Å². The molecule has 2 fully saturated rings. The third-order valence-corrected chi connectivity index (χ3v) is 6.52. The van der Waals surface area contributed by atoms with Gasteiger partial charge in [0.25, 0.3) is 0 Å². The van der Waals surface area contributed by atoms with E-state index in [4.69, 9.17) is 4.74 Å². The van der Waals surface area contributed by atoms with Crippen LogP contribution in [0.5, 0.6) is 0 Å². The van der Waals surface area contributed by atoms with Gasteiger partial charge in [0.05, 0.1) is 0 Å². The van der Waals surface area contributed by atoms with E-state index in [-0.39, 0.29) is 23.1 Å². The quantitative estimate of drug-likeness (QED) is 0.543. The SMILES string of the molecule is Cc1cc(Br)cc(C)c1C1C(=O)CC2(CCN(C(=O)OC(C)(C)C)CC2)CC1=O. The number of amides is 1. The number of hydrogen-bond acceptors (Lipinski definition) is 4. The van der Waals surface area contributed by atoms with E-state index in [1.54, 1.807) is 4.90 Å². The van der Waals surface area contributed by atoms with Crippen LogP contribution in [0.15, 0.2) is 16.6 Å². The minimum absolute atomic E-state index is 0.0143. The molecular weight excluding hydrogens is 434 g/mol. The summed E-state index contributed by atoms with van der Waals surface area (Å²) < 4.78 is 6.41. The van der Waals surface area contributed by atoms with Crippen LogP contribution in [-0.4, -0.2) is 41.3 Å². The Kier molecular flexibility index (Phi) is 5.96. The van der Waals surface area contributed by atoms with Gasteiger partial charge in [-0.05, 0) is 81.7 Å². The van der Waals surface area contributed by atoms with Crippen LogP contribution >= 0.6 is 15.9 Å². The zero-order valence-corrected chi connectivity index (χ0v) is 19.5. The number of benzene rings is 1. The molecule has 5 nitrogen and oxygen atoms in total. The van der Waals surface area contributed by atoms with E-state index in [0.29, 0.717) is 38.8 Å². The summed E-state index contributed by atoms with van der Waals surface area (Å²) in [7, 11) is 0. The molecule has 1 aromatic carbocycles. The highest BCUT2D eigenvalue weighted by Crippen LogP contribution is 2.46. The molecule has 29 heavy (non-hydrogen) atoms. The maximum absolute atomic E-state index is 13.1. The zero-order chi connectivity index (χ0) is 21.6. The molecule has 1 aliphatic heterocycles. The van der Waals surface area contributed by atoms with Gasteiger partial charge < -0.3 is 9.64 Å². The Morgan fingerprint density at radius 3 is 2.00 bits per heavy atom. The number of piperidine rings is 1. The number of carbonyl (C=O) groups excluding carboxylic acids is 3. The molecule has 3 rings (SSSR count). The number of hydrogen-bond donors (Lipinski definition) is 0. The average molecular weight is 464 g/mol. The zero-order valence-electron chi connectivity index (χ0n) is 17.9. The molecule has 1 aromatic rings. The number of ketones is 2. The number of halogens is 1. The number of rotatable bonds is 1. The lowest BCUT2D eigenvalue weighted by Crippen LogP contribution is -2.49. The smallest absolute Gasteiger partial charge is 0.410 e. The normalized spacial score (nSPS) is 20.3. The molecule has 2 aliphatic rings. The van der Waals surface area contributed by atoms with Crippen molar-refractivity contribution in [2.45, 2.75) is 71.8 Å². The highest BCUT2D eigenvalue weighted by Gasteiger charge is 2.48. The second kappa shape index (κ2) is 7.86. The third-order valence-electron chi connectivity index (χ3n) is 6.07. The molecule has 1 saturated heterocycles. The van der Waals surface area contributed by atoms with Crippen molar-refractivity contribution >= 4 is 33.6 Å². The predicted octanol–water partition coefficient (Wildman–Crippen LogP) is 5.10. The Balaban J connectivity index is 1.72. The van der Waals surface area contributed by atoms with Gasteiger partial charge >= 0.3 is 6.09 Å². The van der Waals surface area contributed by atoms with E-state index in [1.165, 1.54) is 0 Å². The fraction of sp³-hybridized carbons (Fsp3) is 0.609. The molecule has 1 aliphatic carbocycles. The monoisotopic (exact) mass is 463 g/mol. The van der Waals surface area contributed by atoms with Crippen LogP contribution in [0, 0.1) is 19.3 Å². The minimum Gasteiger partial charge on any atom is -0.444 e. The molecule has 0 unspecified atom stereocenters. The molecule has 0 atom stereocenters. The molecule has 1 amide bonds. The third kappa shape index (κ3) is 4.73. The number of aryl methyl sites for hydroxylation is 2. The molecule has 158 valence electrons. The van der Waals surface area contributed by atoms with Gasteiger partial charge in [0.1, 0.15) is 23.1 Å². The lowest BCUT2D eigenvalue weighted by atomic mass is 9.62. The highest BCUT2D eigenvalue weighted by molar-refractivity contribution is 9.10. The molecule has 1 spiro atoms. The summed E-state index contributed by atoms with van der Waals surface area (Å²) in [5.74, 6) is -0.626. The summed E-state index contributed by atoms with van der Waals surface area (Å²) in [6.07, 6.45) is 1.81. The van der Waals surface area contributed by atoms with E-state index in [1.807, 2.05) is 46.8 Å². The summed E-state index contributed by atoms with van der Waals surface area (Å²) >= 11 is 3.48. The topological polar surface area (TPSA) is 63.7 Å². The highest BCUT2D eigenvalue weighted by atomic mass is 79.9. The van der Waals surface area contributed by atoms with E-state index in [0.717, 1.165) is 21.2 Å². The van der Waals surface area contributed by atoms with Gasteiger partial charge in [-0.2, -0.15) is 0 Å². The van der Waals surface area contributed by atoms with Crippen molar-refractivity contribution < 1.29 is 19.1 Å². The molecule has 1 saturated carbocycles. The number of Topliss-reactive ketones (excluding diaryl/α,β-unsaturated/α-hetero) is 2. The second-order valence-corrected chi connectivity index (χ2v) is 10.6. The summed E-state index contributed by atoms with van der Waals surface area (Å²) in [4.78, 5) is 40.3. The first-order valence-electron chi connectivity index (χ1n) is 10.2. The van der Waals surface area contributed by atoms with Crippen LogP contribution in [0.1, 0.15) is 69.1 Å². The van der Waals surface area contributed by atoms with Crippen molar-refractivity contribution in [1.82, 2.24) is 4.90 Å². The fourth-order valence-corrected chi connectivity index (χ4v) is 5.41. The van der Waals surface area contributed by atoms with Gasteiger partial charge in [-0.25, -0.2) is 4.79 Å². The van der Waals surface area contributed by atoms with Crippen molar-refractivity contribution in [2.75, 3.05) is 13.1 Å². The Bertz CT molecular complexity index is 804. The van der Waals surface area contributed by atoms with E-state index in [2.05, 4.69) is 15.9 Å². The van der Waals surface area contributed by atoms with Crippen LogP contribution in [0.4, 0.5) is 4.79 Å². The van der Waals surface area contributed by atoms with Crippen LogP contribution < -0.4 is 0 Å². The van der Waals surface area contributed by atoms with Gasteiger partial charge in [-0.3, -0.25) is 9.59 Å². The second-order valence-electron chi connectivity index (χ2n) is 9.64. The maximum atomic E-state index is 13.1. The molecule has 6 heteroatoms. The number of likely N-dealkylation sites (tertiary alicyclic amines) is 1. The van der Waals surface area contributed by atoms with Crippen molar-refractivity contribution in [3.8, 4) is 0 Å².